The Morgan fingerprint density at radius 1 is 1.29 bits per heavy atom. The first-order valence-corrected chi connectivity index (χ1v) is 8.98. The highest BCUT2D eigenvalue weighted by Crippen LogP contribution is 2.15. The molecule has 0 heterocycles. The summed E-state index contributed by atoms with van der Waals surface area (Å²) in [4.78, 5) is 22.8. The average molecular weight is 358 g/mol. The molecule has 1 rings (SSSR count). The van der Waals surface area contributed by atoms with Crippen molar-refractivity contribution in [2.24, 2.45) is 0 Å². The summed E-state index contributed by atoms with van der Waals surface area (Å²) in [7, 11) is -3.62. The molecule has 0 aliphatic heterocycles. The summed E-state index contributed by atoms with van der Waals surface area (Å²) >= 11 is 0. The van der Waals surface area contributed by atoms with Crippen LogP contribution in [0.25, 0.3) is 0 Å². The van der Waals surface area contributed by atoms with Crippen molar-refractivity contribution in [1.29, 1.82) is 0 Å². The fraction of sp³-hybridized carbons (Fsp3) is 0.467. The molecule has 134 valence electrons. The Morgan fingerprint density at radius 3 is 2.54 bits per heavy atom. The number of carbonyl (C=O) groups excluding carboxylic acids is 1. The van der Waals surface area contributed by atoms with Crippen LogP contribution in [0.15, 0.2) is 18.2 Å². The Morgan fingerprint density at radius 2 is 1.96 bits per heavy atom. The standard InChI is InChI=1S/C15H22N2O6S/c1-10(2)23-6-7-24(21,22)16-9-14(18)17-12-5-4-11(3)13(8-12)15(19)20/h4-5,8,10,16H,6-7,9H2,1-3H3,(H,17,18)(H,19,20). The van der Waals surface area contributed by atoms with Gasteiger partial charge in [-0.2, -0.15) is 0 Å². The van der Waals surface area contributed by atoms with E-state index in [0.717, 1.165) is 0 Å². The van der Waals surface area contributed by atoms with E-state index in [1.807, 2.05) is 0 Å². The van der Waals surface area contributed by atoms with Gasteiger partial charge in [0.1, 0.15) is 0 Å². The van der Waals surface area contributed by atoms with Gasteiger partial charge in [0.15, 0.2) is 0 Å². The maximum atomic E-state index is 11.8. The van der Waals surface area contributed by atoms with Gasteiger partial charge < -0.3 is 15.2 Å². The Kier molecular flexibility index (Phi) is 7.33. The number of hydrogen-bond donors (Lipinski definition) is 3. The zero-order valence-electron chi connectivity index (χ0n) is 13.8. The molecule has 0 radical (unpaired) electrons. The number of aromatic carboxylic acids is 1. The van der Waals surface area contributed by atoms with Gasteiger partial charge in [-0.05, 0) is 38.5 Å². The number of nitrogens with one attached hydrogen (secondary N) is 2. The van der Waals surface area contributed by atoms with E-state index in [4.69, 9.17) is 9.84 Å². The summed E-state index contributed by atoms with van der Waals surface area (Å²) in [5, 5.41) is 11.5. The van der Waals surface area contributed by atoms with Crippen LogP contribution in [0.2, 0.25) is 0 Å². The molecule has 0 unspecified atom stereocenters. The van der Waals surface area contributed by atoms with Crippen LogP contribution in [0.1, 0.15) is 29.8 Å². The lowest BCUT2D eigenvalue weighted by atomic mass is 10.1. The molecule has 0 saturated heterocycles. The summed E-state index contributed by atoms with van der Waals surface area (Å²) in [5.74, 6) is -1.94. The van der Waals surface area contributed by atoms with E-state index in [1.54, 1.807) is 32.9 Å². The molecule has 0 fully saturated rings. The molecule has 0 aromatic heterocycles. The summed E-state index contributed by atoms with van der Waals surface area (Å²) in [5.41, 5.74) is 0.913. The quantitative estimate of drug-likeness (QED) is 0.605. The molecule has 0 saturated carbocycles. The number of rotatable bonds is 9. The lowest BCUT2D eigenvalue weighted by Crippen LogP contribution is -2.35. The van der Waals surface area contributed by atoms with Crippen molar-refractivity contribution < 1.29 is 27.9 Å². The van der Waals surface area contributed by atoms with Crippen molar-refractivity contribution in [1.82, 2.24) is 4.72 Å². The van der Waals surface area contributed by atoms with Crippen LogP contribution < -0.4 is 10.0 Å². The predicted octanol–water partition coefficient (Wildman–Crippen LogP) is 0.976. The minimum atomic E-state index is -3.62. The third-order valence-electron chi connectivity index (χ3n) is 3.01. The van der Waals surface area contributed by atoms with Crippen molar-refractivity contribution in [2.75, 3.05) is 24.2 Å². The third-order valence-corrected chi connectivity index (χ3v) is 4.30. The van der Waals surface area contributed by atoms with Crippen LogP contribution in [0.3, 0.4) is 0 Å². The predicted molar refractivity (Wildman–Crippen MR) is 89.6 cm³/mol. The fourth-order valence-electron chi connectivity index (χ4n) is 1.78. The maximum Gasteiger partial charge on any atom is 0.336 e. The number of sulfonamides is 1. The van der Waals surface area contributed by atoms with Crippen molar-refractivity contribution >= 4 is 27.6 Å². The first-order valence-electron chi connectivity index (χ1n) is 7.33. The van der Waals surface area contributed by atoms with E-state index in [9.17, 15) is 18.0 Å². The average Bonchev–Trinajstić information content (AvgIpc) is 2.46. The van der Waals surface area contributed by atoms with E-state index in [1.165, 1.54) is 6.07 Å². The van der Waals surface area contributed by atoms with Gasteiger partial charge in [0.05, 0.1) is 30.6 Å². The number of carboxylic acid groups (broad SMARTS) is 1. The lowest BCUT2D eigenvalue weighted by Gasteiger charge is -2.10. The summed E-state index contributed by atoms with van der Waals surface area (Å²) in [6, 6.07) is 4.43. The van der Waals surface area contributed by atoms with Crippen LogP contribution in [0.4, 0.5) is 5.69 Å². The van der Waals surface area contributed by atoms with Gasteiger partial charge in [0, 0.05) is 5.69 Å². The second kappa shape index (κ2) is 8.76. The SMILES string of the molecule is Cc1ccc(NC(=O)CNS(=O)(=O)CCOC(C)C)cc1C(=O)O. The van der Waals surface area contributed by atoms with Gasteiger partial charge in [0.2, 0.25) is 15.9 Å². The Hall–Kier alpha value is -1.97. The van der Waals surface area contributed by atoms with Crippen LogP contribution in [-0.4, -0.2) is 50.4 Å². The van der Waals surface area contributed by atoms with Crippen molar-refractivity contribution in [3.8, 4) is 0 Å². The zero-order valence-corrected chi connectivity index (χ0v) is 14.6. The normalized spacial score (nSPS) is 11.5. The topological polar surface area (TPSA) is 122 Å². The van der Waals surface area contributed by atoms with Crippen LogP contribution in [-0.2, 0) is 19.6 Å². The van der Waals surface area contributed by atoms with Crippen molar-refractivity contribution in [3.05, 3.63) is 29.3 Å². The number of carbonyl (C=O) groups is 2. The van der Waals surface area contributed by atoms with Gasteiger partial charge in [0.25, 0.3) is 0 Å². The minimum absolute atomic E-state index is 0.0363. The summed E-state index contributed by atoms with van der Waals surface area (Å²) in [6.07, 6.45) is -0.0755. The number of carboxylic acids is 1. The highest BCUT2D eigenvalue weighted by atomic mass is 32.2. The van der Waals surface area contributed by atoms with Crippen LogP contribution >= 0.6 is 0 Å². The number of aryl methyl sites for hydroxylation is 1. The van der Waals surface area contributed by atoms with E-state index in [-0.39, 0.29) is 29.7 Å². The second-order valence-electron chi connectivity index (χ2n) is 5.44. The van der Waals surface area contributed by atoms with Gasteiger partial charge in [-0.1, -0.05) is 6.07 Å². The summed E-state index contributed by atoms with van der Waals surface area (Å²) < 4.78 is 30.7. The molecule has 3 N–H and O–H groups in total. The Balaban J connectivity index is 2.55. The molecular formula is C15H22N2O6S. The maximum absolute atomic E-state index is 11.8. The Bertz CT molecular complexity index is 700. The molecule has 0 aliphatic carbocycles. The molecule has 8 nitrogen and oxygen atoms in total. The van der Waals surface area contributed by atoms with Gasteiger partial charge in [-0.25, -0.2) is 17.9 Å². The number of benzene rings is 1. The molecular weight excluding hydrogens is 336 g/mol. The number of ether oxygens (including phenoxy) is 1. The first-order chi connectivity index (χ1) is 11.1. The number of amides is 1. The molecule has 0 aliphatic rings. The molecule has 9 heteroatoms. The monoisotopic (exact) mass is 358 g/mol. The van der Waals surface area contributed by atoms with Crippen molar-refractivity contribution in [3.63, 3.8) is 0 Å². The van der Waals surface area contributed by atoms with Gasteiger partial charge >= 0.3 is 5.97 Å². The van der Waals surface area contributed by atoms with E-state index in [0.29, 0.717) is 5.56 Å². The van der Waals surface area contributed by atoms with E-state index in [2.05, 4.69) is 10.0 Å². The zero-order chi connectivity index (χ0) is 18.3. The van der Waals surface area contributed by atoms with Gasteiger partial charge in [-0.3, -0.25) is 4.79 Å². The molecule has 1 aromatic rings. The highest BCUT2D eigenvalue weighted by molar-refractivity contribution is 7.89. The first kappa shape index (κ1) is 20.1. The minimum Gasteiger partial charge on any atom is -0.478 e. The molecule has 0 atom stereocenters. The fourth-order valence-corrected chi connectivity index (χ4v) is 2.59. The molecule has 24 heavy (non-hydrogen) atoms. The van der Waals surface area contributed by atoms with Gasteiger partial charge in [-0.15, -0.1) is 0 Å². The third kappa shape index (κ3) is 7.07. The van der Waals surface area contributed by atoms with Crippen LogP contribution in [0, 0.1) is 6.92 Å². The molecule has 0 spiro atoms. The van der Waals surface area contributed by atoms with E-state index < -0.39 is 28.4 Å². The molecule has 1 amide bonds. The Labute approximate surface area is 141 Å². The number of hydrogen-bond acceptors (Lipinski definition) is 5. The summed E-state index contributed by atoms with van der Waals surface area (Å²) in [6.45, 7) is 4.82. The second-order valence-corrected chi connectivity index (χ2v) is 7.37. The largest absolute Gasteiger partial charge is 0.478 e. The smallest absolute Gasteiger partial charge is 0.336 e. The number of anilines is 1. The highest BCUT2D eigenvalue weighted by Gasteiger charge is 2.14. The lowest BCUT2D eigenvalue weighted by molar-refractivity contribution is -0.115. The van der Waals surface area contributed by atoms with Crippen molar-refractivity contribution in [2.45, 2.75) is 26.9 Å². The van der Waals surface area contributed by atoms with E-state index >= 15 is 0 Å². The molecule has 0 bridgehead atoms. The van der Waals surface area contributed by atoms with Crippen LogP contribution in [0.5, 0.6) is 0 Å². The molecule has 1 aromatic carbocycles.